The van der Waals surface area contributed by atoms with Crippen molar-refractivity contribution in [3.8, 4) is 0 Å². The molecule has 7 heteroatoms. The van der Waals surface area contributed by atoms with Gasteiger partial charge in [0.25, 0.3) is 5.91 Å². The van der Waals surface area contributed by atoms with Crippen LogP contribution in [0.2, 0.25) is 0 Å². The van der Waals surface area contributed by atoms with E-state index in [0.29, 0.717) is 5.69 Å². The largest absolute Gasteiger partial charge is 0.346 e. The third-order valence-corrected chi connectivity index (χ3v) is 2.46. The lowest BCUT2D eigenvalue weighted by Gasteiger charge is -2.09. The molecule has 6 nitrogen and oxygen atoms in total. The van der Waals surface area contributed by atoms with Crippen molar-refractivity contribution < 1.29 is 9.18 Å². The summed E-state index contributed by atoms with van der Waals surface area (Å²) >= 11 is 0. The second kappa shape index (κ2) is 5.87. The van der Waals surface area contributed by atoms with Crippen LogP contribution in [0.4, 0.5) is 10.1 Å². The van der Waals surface area contributed by atoms with E-state index in [0.717, 1.165) is 0 Å². The highest BCUT2D eigenvalue weighted by Gasteiger charge is 2.14. The monoisotopic (exact) mass is 261 g/mol. The molecular weight excluding hydrogens is 249 g/mol. The molecule has 1 amide bonds. The standard InChI is InChI=1S/C12H12FN5O/c13-10-5-1-4-9(11(10)17-14)12(19)15-7-8-3-2-6-16-18-8/h1-6,17H,7,14H2,(H,15,19). The predicted molar refractivity (Wildman–Crippen MR) is 67.4 cm³/mol. The molecule has 0 aliphatic rings. The van der Waals surface area contributed by atoms with E-state index in [-0.39, 0.29) is 17.8 Å². The molecule has 0 saturated carbocycles. The second-order valence-electron chi connectivity index (χ2n) is 3.70. The van der Waals surface area contributed by atoms with Crippen LogP contribution in [0, 0.1) is 5.82 Å². The van der Waals surface area contributed by atoms with Crippen molar-refractivity contribution >= 4 is 11.6 Å². The third-order valence-electron chi connectivity index (χ3n) is 2.46. The lowest BCUT2D eigenvalue weighted by Crippen LogP contribution is -2.25. The molecule has 0 aliphatic heterocycles. The van der Waals surface area contributed by atoms with Crippen LogP contribution in [0.3, 0.4) is 0 Å². The van der Waals surface area contributed by atoms with Crippen molar-refractivity contribution in [3.05, 3.63) is 53.6 Å². The maximum absolute atomic E-state index is 13.4. The summed E-state index contributed by atoms with van der Waals surface area (Å²) in [6.45, 7) is 0.202. The molecule has 2 aromatic rings. The number of hydrogen-bond acceptors (Lipinski definition) is 5. The summed E-state index contributed by atoms with van der Waals surface area (Å²) in [5.41, 5.74) is 2.87. The predicted octanol–water partition coefficient (Wildman–Crippen LogP) is 0.831. The van der Waals surface area contributed by atoms with Gasteiger partial charge in [-0.15, -0.1) is 0 Å². The van der Waals surface area contributed by atoms with Crippen molar-refractivity contribution in [2.75, 3.05) is 5.43 Å². The van der Waals surface area contributed by atoms with Crippen LogP contribution >= 0.6 is 0 Å². The third kappa shape index (κ3) is 3.02. The Hall–Kier alpha value is -2.54. The Kier molecular flexibility index (Phi) is 3.99. The molecule has 1 aromatic carbocycles. The zero-order valence-corrected chi connectivity index (χ0v) is 9.93. The van der Waals surface area contributed by atoms with E-state index < -0.39 is 11.7 Å². The summed E-state index contributed by atoms with van der Waals surface area (Å²) in [7, 11) is 0. The van der Waals surface area contributed by atoms with Crippen molar-refractivity contribution in [3.63, 3.8) is 0 Å². The fourth-order valence-corrected chi connectivity index (χ4v) is 1.55. The van der Waals surface area contributed by atoms with E-state index in [1.54, 1.807) is 12.1 Å². The lowest BCUT2D eigenvalue weighted by molar-refractivity contribution is 0.0950. The van der Waals surface area contributed by atoms with Crippen molar-refractivity contribution in [1.82, 2.24) is 15.5 Å². The summed E-state index contributed by atoms with van der Waals surface area (Å²) < 4.78 is 13.4. The highest BCUT2D eigenvalue weighted by molar-refractivity contribution is 5.99. The van der Waals surface area contributed by atoms with Gasteiger partial charge in [-0.25, -0.2) is 4.39 Å². The zero-order valence-electron chi connectivity index (χ0n) is 9.93. The maximum atomic E-state index is 13.4. The first-order valence-electron chi connectivity index (χ1n) is 5.52. The number of benzene rings is 1. The molecule has 98 valence electrons. The number of halogens is 1. The molecule has 4 N–H and O–H groups in total. The molecule has 19 heavy (non-hydrogen) atoms. The van der Waals surface area contributed by atoms with Crippen LogP contribution in [0.25, 0.3) is 0 Å². The fraction of sp³-hybridized carbons (Fsp3) is 0.0833. The molecule has 1 heterocycles. The first kappa shape index (κ1) is 12.9. The van der Waals surface area contributed by atoms with E-state index in [9.17, 15) is 9.18 Å². The number of rotatable bonds is 4. The van der Waals surface area contributed by atoms with Gasteiger partial charge in [0.2, 0.25) is 0 Å². The Labute approximate surface area is 108 Å². The number of carbonyl (C=O) groups is 1. The van der Waals surface area contributed by atoms with Crippen molar-refractivity contribution in [2.45, 2.75) is 6.54 Å². The topological polar surface area (TPSA) is 92.9 Å². The van der Waals surface area contributed by atoms with Crippen LogP contribution in [0.15, 0.2) is 36.5 Å². The zero-order chi connectivity index (χ0) is 13.7. The van der Waals surface area contributed by atoms with Gasteiger partial charge < -0.3 is 10.7 Å². The minimum Gasteiger partial charge on any atom is -0.346 e. The van der Waals surface area contributed by atoms with Gasteiger partial charge in [-0.2, -0.15) is 10.2 Å². The number of para-hydroxylation sites is 1. The number of nitrogens with zero attached hydrogens (tertiary/aromatic N) is 2. The molecule has 0 bridgehead atoms. The number of nitrogens with one attached hydrogen (secondary N) is 2. The van der Waals surface area contributed by atoms with Gasteiger partial charge in [0, 0.05) is 6.20 Å². The smallest absolute Gasteiger partial charge is 0.253 e. The van der Waals surface area contributed by atoms with E-state index in [1.165, 1.54) is 24.4 Å². The summed E-state index contributed by atoms with van der Waals surface area (Å²) in [5, 5.41) is 10.1. The molecule has 1 aromatic heterocycles. The van der Waals surface area contributed by atoms with E-state index >= 15 is 0 Å². The van der Waals surface area contributed by atoms with Gasteiger partial charge in [0.05, 0.1) is 23.5 Å². The number of hydrazine groups is 1. The minimum atomic E-state index is -0.588. The first-order valence-corrected chi connectivity index (χ1v) is 5.52. The SMILES string of the molecule is NNc1c(F)cccc1C(=O)NCc1cccnn1. The molecular formula is C12H12FN5O. The van der Waals surface area contributed by atoms with Gasteiger partial charge in [0.15, 0.2) is 0 Å². The van der Waals surface area contributed by atoms with Crippen LogP contribution in [0.5, 0.6) is 0 Å². The highest BCUT2D eigenvalue weighted by Crippen LogP contribution is 2.18. The average molecular weight is 261 g/mol. The Morgan fingerprint density at radius 3 is 2.84 bits per heavy atom. The van der Waals surface area contributed by atoms with Crippen LogP contribution in [-0.2, 0) is 6.54 Å². The Morgan fingerprint density at radius 2 is 2.16 bits per heavy atom. The number of nitrogen functional groups attached to an aromatic ring is 1. The quantitative estimate of drug-likeness (QED) is 0.560. The van der Waals surface area contributed by atoms with Crippen LogP contribution in [-0.4, -0.2) is 16.1 Å². The van der Waals surface area contributed by atoms with Gasteiger partial charge in [-0.3, -0.25) is 10.6 Å². The second-order valence-corrected chi connectivity index (χ2v) is 3.70. The normalized spacial score (nSPS) is 10.0. The van der Waals surface area contributed by atoms with Gasteiger partial charge in [-0.05, 0) is 24.3 Å². The summed E-state index contributed by atoms with van der Waals surface area (Å²) in [4.78, 5) is 11.9. The molecule has 0 unspecified atom stereocenters. The number of hydrogen-bond donors (Lipinski definition) is 3. The minimum absolute atomic E-state index is 0.0425. The Morgan fingerprint density at radius 1 is 1.32 bits per heavy atom. The number of amides is 1. The molecule has 0 fully saturated rings. The van der Waals surface area contributed by atoms with Gasteiger partial charge in [-0.1, -0.05) is 6.07 Å². The first-order chi connectivity index (χ1) is 9.22. The molecule has 0 radical (unpaired) electrons. The van der Waals surface area contributed by atoms with Crippen LogP contribution in [0.1, 0.15) is 16.1 Å². The van der Waals surface area contributed by atoms with E-state index in [1.807, 2.05) is 0 Å². The molecule has 0 aliphatic carbocycles. The number of carbonyl (C=O) groups excluding carboxylic acids is 1. The molecule has 0 spiro atoms. The van der Waals surface area contributed by atoms with Gasteiger partial charge in [0.1, 0.15) is 5.82 Å². The number of aromatic nitrogens is 2. The molecule has 0 atom stereocenters. The Bertz CT molecular complexity index is 576. The average Bonchev–Trinajstić information content (AvgIpc) is 2.45. The van der Waals surface area contributed by atoms with Crippen molar-refractivity contribution in [1.29, 1.82) is 0 Å². The summed E-state index contributed by atoms with van der Waals surface area (Å²) in [5.74, 6) is 4.17. The fourth-order valence-electron chi connectivity index (χ4n) is 1.55. The Balaban J connectivity index is 2.10. The van der Waals surface area contributed by atoms with Crippen molar-refractivity contribution in [2.24, 2.45) is 5.84 Å². The van der Waals surface area contributed by atoms with E-state index in [4.69, 9.17) is 5.84 Å². The van der Waals surface area contributed by atoms with Crippen LogP contribution < -0.4 is 16.6 Å². The number of anilines is 1. The maximum Gasteiger partial charge on any atom is 0.253 e. The highest BCUT2D eigenvalue weighted by atomic mass is 19.1. The van der Waals surface area contributed by atoms with Gasteiger partial charge >= 0.3 is 0 Å². The van der Waals surface area contributed by atoms with E-state index in [2.05, 4.69) is 20.9 Å². The molecule has 0 saturated heterocycles. The summed E-state index contributed by atoms with van der Waals surface area (Å²) in [6, 6.07) is 7.57. The lowest BCUT2D eigenvalue weighted by atomic mass is 10.1. The molecule has 2 rings (SSSR count). The number of nitrogens with two attached hydrogens (primary N) is 1. The summed E-state index contributed by atoms with van der Waals surface area (Å²) in [6.07, 6.45) is 1.54.